The summed E-state index contributed by atoms with van der Waals surface area (Å²) in [5.41, 5.74) is 4.43. The Morgan fingerprint density at radius 2 is 2.17 bits per heavy atom. The largest absolute Gasteiger partial charge is 0.270 e. The molecule has 67 valence electrons. The molecule has 3 heteroatoms. The summed E-state index contributed by atoms with van der Waals surface area (Å²) in [6.45, 7) is 2.19. The first-order valence-electron chi connectivity index (χ1n) is 4.62. The summed E-state index contributed by atoms with van der Waals surface area (Å²) in [7, 11) is 0. The zero-order valence-corrected chi connectivity index (χ0v) is 7.55. The van der Waals surface area contributed by atoms with Crippen molar-refractivity contribution in [2.75, 3.05) is 0 Å². The fourth-order valence-electron chi connectivity index (χ4n) is 1.27. The van der Waals surface area contributed by atoms with Gasteiger partial charge in [0, 0.05) is 0 Å². The minimum Gasteiger partial charge on any atom is -0.270 e. The highest BCUT2D eigenvalue weighted by Gasteiger charge is 2.15. The van der Waals surface area contributed by atoms with E-state index in [4.69, 9.17) is 0 Å². The molecular weight excluding hydrogens is 152 g/mol. The first-order chi connectivity index (χ1) is 5.83. The lowest BCUT2D eigenvalue weighted by atomic mass is 10.1. The lowest BCUT2D eigenvalue weighted by molar-refractivity contribution is -0.119. The van der Waals surface area contributed by atoms with Gasteiger partial charge in [0.2, 0.25) is 0 Å². The average molecular weight is 167 g/mol. The van der Waals surface area contributed by atoms with Crippen LogP contribution in [0.15, 0.2) is 5.10 Å². The first kappa shape index (κ1) is 9.23. The Balaban J connectivity index is 2.04. The van der Waals surface area contributed by atoms with E-state index in [2.05, 4.69) is 17.5 Å². The maximum absolute atomic E-state index is 10.7. The Kier molecular flexibility index (Phi) is 3.77. The molecule has 1 radical (unpaired) electrons. The number of carbonyl (C=O) groups is 1. The van der Waals surface area contributed by atoms with Gasteiger partial charge in [0.1, 0.15) is 0 Å². The number of unbranched alkanes of at least 4 members (excludes halogenated alkanes) is 3. The molecule has 0 spiro atoms. The van der Waals surface area contributed by atoms with Gasteiger partial charge in [-0.15, -0.1) is 5.43 Å². The van der Waals surface area contributed by atoms with Crippen LogP contribution in [-0.4, -0.2) is 11.6 Å². The second-order valence-electron chi connectivity index (χ2n) is 3.15. The zero-order chi connectivity index (χ0) is 8.81. The standard InChI is InChI=1S/C9H15N2O/c1-2-3-4-5-6-8-7-9(12)11-10-8/h2-7H2,1H3. The Morgan fingerprint density at radius 1 is 1.33 bits per heavy atom. The van der Waals surface area contributed by atoms with E-state index >= 15 is 0 Å². The zero-order valence-electron chi connectivity index (χ0n) is 7.55. The van der Waals surface area contributed by atoms with Crippen LogP contribution in [0.4, 0.5) is 0 Å². The second-order valence-corrected chi connectivity index (χ2v) is 3.15. The van der Waals surface area contributed by atoms with Crippen LogP contribution < -0.4 is 5.43 Å². The van der Waals surface area contributed by atoms with E-state index in [1.54, 1.807) is 0 Å². The van der Waals surface area contributed by atoms with E-state index in [0.717, 1.165) is 18.6 Å². The molecule has 0 aromatic carbocycles. The molecule has 1 heterocycles. The summed E-state index contributed by atoms with van der Waals surface area (Å²) in [6, 6.07) is 0. The van der Waals surface area contributed by atoms with E-state index < -0.39 is 0 Å². The molecule has 1 aliphatic rings. The van der Waals surface area contributed by atoms with Crippen LogP contribution >= 0.6 is 0 Å². The van der Waals surface area contributed by atoms with Gasteiger partial charge in [-0.2, -0.15) is 5.10 Å². The van der Waals surface area contributed by atoms with Gasteiger partial charge in [0.15, 0.2) is 0 Å². The van der Waals surface area contributed by atoms with Crippen molar-refractivity contribution < 1.29 is 4.79 Å². The molecule has 1 amide bonds. The second kappa shape index (κ2) is 4.91. The van der Waals surface area contributed by atoms with Gasteiger partial charge in [-0.3, -0.25) is 4.79 Å². The van der Waals surface area contributed by atoms with E-state index in [1.165, 1.54) is 19.3 Å². The van der Waals surface area contributed by atoms with Gasteiger partial charge in [0.05, 0.1) is 12.1 Å². The summed E-state index contributed by atoms with van der Waals surface area (Å²) < 4.78 is 0. The van der Waals surface area contributed by atoms with Crippen molar-refractivity contribution in [3.63, 3.8) is 0 Å². The minimum atomic E-state index is -0.0829. The third-order valence-corrected chi connectivity index (χ3v) is 1.98. The molecule has 0 unspecified atom stereocenters. The van der Waals surface area contributed by atoms with Gasteiger partial charge in [-0.1, -0.05) is 26.2 Å². The minimum absolute atomic E-state index is 0.0829. The molecule has 0 aromatic rings. The predicted octanol–water partition coefficient (Wildman–Crippen LogP) is 1.85. The average Bonchev–Trinajstić information content (AvgIpc) is 2.45. The third-order valence-electron chi connectivity index (χ3n) is 1.98. The number of hydrogen-bond donors (Lipinski definition) is 0. The number of carbonyl (C=O) groups excluding carboxylic acids is 1. The van der Waals surface area contributed by atoms with Crippen molar-refractivity contribution in [2.24, 2.45) is 5.10 Å². The molecular formula is C9H15N2O. The number of rotatable bonds is 5. The lowest BCUT2D eigenvalue weighted by Crippen LogP contribution is -2.02. The van der Waals surface area contributed by atoms with Crippen LogP contribution in [0.5, 0.6) is 0 Å². The predicted molar refractivity (Wildman–Crippen MR) is 48.0 cm³/mol. The molecule has 0 saturated carbocycles. The number of nitrogens with zero attached hydrogens (tertiary/aromatic N) is 2. The van der Waals surface area contributed by atoms with E-state index in [1.807, 2.05) is 0 Å². The topological polar surface area (TPSA) is 43.5 Å². The summed E-state index contributed by atoms with van der Waals surface area (Å²) in [5.74, 6) is -0.0829. The monoisotopic (exact) mass is 167 g/mol. The van der Waals surface area contributed by atoms with Crippen molar-refractivity contribution >= 4 is 11.6 Å². The van der Waals surface area contributed by atoms with Crippen LogP contribution in [0.3, 0.4) is 0 Å². The summed E-state index contributed by atoms with van der Waals surface area (Å²) in [6.07, 6.45) is 6.33. The van der Waals surface area contributed by atoms with Gasteiger partial charge in [-0.05, 0) is 12.8 Å². The van der Waals surface area contributed by atoms with Gasteiger partial charge in [-0.25, -0.2) is 0 Å². The summed E-state index contributed by atoms with van der Waals surface area (Å²) in [4.78, 5) is 10.7. The number of hydrogen-bond acceptors (Lipinski definition) is 2. The fraction of sp³-hybridized carbons (Fsp3) is 0.778. The van der Waals surface area contributed by atoms with Crippen molar-refractivity contribution in [1.82, 2.24) is 5.43 Å². The molecule has 1 aliphatic heterocycles. The quantitative estimate of drug-likeness (QED) is 0.576. The molecule has 0 aliphatic carbocycles. The molecule has 0 N–H and O–H groups in total. The third kappa shape index (κ3) is 3.03. The molecule has 0 saturated heterocycles. The van der Waals surface area contributed by atoms with Gasteiger partial charge >= 0.3 is 0 Å². The normalized spacial score (nSPS) is 16.1. The van der Waals surface area contributed by atoms with Gasteiger partial charge in [0.25, 0.3) is 5.91 Å². The van der Waals surface area contributed by atoms with E-state index in [9.17, 15) is 4.79 Å². The molecule has 0 atom stereocenters. The maximum atomic E-state index is 10.7. The maximum Gasteiger partial charge on any atom is 0.270 e. The van der Waals surface area contributed by atoms with Crippen LogP contribution in [-0.2, 0) is 4.79 Å². The SMILES string of the molecule is CCCCCCC1=N[N]C(=O)C1. The Hall–Kier alpha value is -0.860. The molecule has 0 aromatic heterocycles. The number of amides is 1. The van der Waals surface area contributed by atoms with E-state index in [-0.39, 0.29) is 5.91 Å². The summed E-state index contributed by atoms with van der Waals surface area (Å²) >= 11 is 0. The Labute approximate surface area is 73.2 Å². The van der Waals surface area contributed by atoms with Crippen LogP contribution in [0.25, 0.3) is 0 Å². The van der Waals surface area contributed by atoms with Crippen molar-refractivity contribution in [1.29, 1.82) is 0 Å². The highest BCUT2D eigenvalue weighted by Crippen LogP contribution is 2.08. The first-order valence-corrected chi connectivity index (χ1v) is 4.62. The van der Waals surface area contributed by atoms with Crippen molar-refractivity contribution in [2.45, 2.75) is 45.4 Å². The van der Waals surface area contributed by atoms with E-state index in [0.29, 0.717) is 6.42 Å². The molecule has 0 fully saturated rings. The fourth-order valence-corrected chi connectivity index (χ4v) is 1.27. The van der Waals surface area contributed by atoms with Crippen LogP contribution in [0.2, 0.25) is 0 Å². The molecule has 3 nitrogen and oxygen atoms in total. The molecule has 0 bridgehead atoms. The summed E-state index contributed by atoms with van der Waals surface area (Å²) in [5, 5.41) is 3.81. The lowest BCUT2D eigenvalue weighted by Gasteiger charge is -1.96. The van der Waals surface area contributed by atoms with Crippen molar-refractivity contribution in [3.05, 3.63) is 0 Å². The van der Waals surface area contributed by atoms with Crippen LogP contribution in [0, 0.1) is 0 Å². The van der Waals surface area contributed by atoms with Crippen molar-refractivity contribution in [3.8, 4) is 0 Å². The highest BCUT2D eigenvalue weighted by atomic mass is 16.2. The molecule has 1 rings (SSSR count). The highest BCUT2D eigenvalue weighted by molar-refractivity contribution is 6.04. The Bertz CT molecular complexity index is 187. The van der Waals surface area contributed by atoms with Gasteiger partial charge < -0.3 is 0 Å². The molecule has 12 heavy (non-hydrogen) atoms. The van der Waals surface area contributed by atoms with Crippen LogP contribution in [0.1, 0.15) is 45.4 Å². The Morgan fingerprint density at radius 3 is 2.75 bits per heavy atom. The smallest absolute Gasteiger partial charge is 0.270 e.